The van der Waals surface area contributed by atoms with Gasteiger partial charge in [-0.05, 0) is 98.5 Å². The predicted molar refractivity (Wildman–Crippen MR) is 125 cm³/mol. The van der Waals surface area contributed by atoms with Crippen molar-refractivity contribution in [2.24, 2.45) is 34.8 Å². The Morgan fingerprint density at radius 2 is 1.69 bits per heavy atom. The van der Waals surface area contributed by atoms with Crippen LogP contribution in [-0.2, 0) is 5.41 Å². The van der Waals surface area contributed by atoms with Crippen molar-refractivity contribution in [1.82, 2.24) is 5.32 Å². The van der Waals surface area contributed by atoms with Crippen molar-refractivity contribution in [2.45, 2.75) is 69.2 Å². The lowest BCUT2D eigenvalue weighted by molar-refractivity contribution is -0.0810. The van der Waals surface area contributed by atoms with E-state index in [1.165, 1.54) is 62.8 Å². The predicted octanol–water partition coefficient (Wildman–Crippen LogP) is 5.42. The summed E-state index contributed by atoms with van der Waals surface area (Å²) in [6.07, 6.45) is 11.4. The van der Waals surface area contributed by atoms with Crippen LogP contribution in [0.4, 0.5) is 0 Å². The van der Waals surface area contributed by atoms with Gasteiger partial charge in [-0.25, -0.2) is 0 Å². The zero-order chi connectivity index (χ0) is 20.1. The van der Waals surface area contributed by atoms with E-state index in [2.05, 4.69) is 35.6 Å². The normalized spacial score (nSPS) is 43.3. The number of hydrogen-bond donors (Lipinski definition) is 2. The van der Waals surface area contributed by atoms with Crippen LogP contribution in [-0.4, -0.2) is 23.5 Å². The zero-order valence-corrected chi connectivity index (χ0v) is 19.0. The number of alkyl halides is 1. The summed E-state index contributed by atoms with van der Waals surface area (Å²) in [6.45, 7) is 0.839. The van der Waals surface area contributed by atoms with Crippen LogP contribution < -0.4 is 11.1 Å². The third kappa shape index (κ3) is 3.55. The molecule has 0 radical (unpaired) electrons. The van der Waals surface area contributed by atoms with Crippen LogP contribution >= 0.6 is 23.8 Å². The molecule has 5 aliphatic rings. The molecular weight excluding hydrogens is 396 g/mol. The fraction of sp³-hybridized carbons (Fsp3) is 0.720. The molecule has 0 aromatic heterocycles. The van der Waals surface area contributed by atoms with Gasteiger partial charge in [-0.3, -0.25) is 0 Å². The molecule has 0 amide bonds. The first-order valence-corrected chi connectivity index (χ1v) is 12.6. The first-order valence-electron chi connectivity index (χ1n) is 11.7. The molecular formula is C25H35ClN2S. The van der Waals surface area contributed by atoms with Gasteiger partial charge < -0.3 is 11.1 Å². The molecule has 29 heavy (non-hydrogen) atoms. The molecule has 2 nitrogen and oxygen atoms in total. The molecule has 1 aromatic carbocycles. The average molecular weight is 431 g/mol. The van der Waals surface area contributed by atoms with Crippen LogP contribution in [0, 0.1) is 29.1 Å². The summed E-state index contributed by atoms with van der Waals surface area (Å²) in [7, 11) is 0. The van der Waals surface area contributed by atoms with Gasteiger partial charge in [-0.15, -0.1) is 11.6 Å². The molecule has 0 heterocycles. The van der Waals surface area contributed by atoms with Crippen LogP contribution in [0.25, 0.3) is 0 Å². The van der Waals surface area contributed by atoms with Gasteiger partial charge in [0.1, 0.15) is 0 Å². The Morgan fingerprint density at radius 1 is 1.03 bits per heavy atom. The third-order valence-corrected chi connectivity index (χ3v) is 9.88. The monoisotopic (exact) mass is 430 g/mol. The number of nitrogens with two attached hydrogens (primary N) is 1. The van der Waals surface area contributed by atoms with Crippen LogP contribution in [0.3, 0.4) is 0 Å². The van der Waals surface area contributed by atoms with Crippen molar-refractivity contribution >= 4 is 28.8 Å². The summed E-state index contributed by atoms with van der Waals surface area (Å²) >= 11 is 12.7. The van der Waals surface area contributed by atoms with E-state index in [0.29, 0.717) is 34.6 Å². The minimum absolute atomic E-state index is 0.327. The zero-order valence-electron chi connectivity index (χ0n) is 17.4. The Balaban J connectivity index is 1.34. The molecule has 5 saturated carbocycles. The van der Waals surface area contributed by atoms with Crippen LogP contribution in [0.1, 0.15) is 63.4 Å². The van der Waals surface area contributed by atoms with Crippen molar-refractivity contribution in [1.29, 1.82) is 0 Å². The number of thiocarbonyl (C=S) groups is 1. The van der Waals surface area contributed by atoms with Gasteiger partial charge in [-0.1, -0.05) is 42.5 Å². The lowest BCUT2D eigenvalue weighted by Crippen LogP contribution is -2.61. The van der Waals surface area contributed by atoms with Gasteiger partial charge >= 0.3 is 0 Å². The van der Waals surface area contributed by atoms with Gasteiger partial charge in [0.15, 0.2) is 0 Å². The van der Waals surface area contributed by atoms with Gasteiger partial charge in [0.25, 0.3) is 0 Å². The minimum Gasteiger partial charge on any atom is -0.377 e. The summed E-state index contributed by atoms with van der Waals surface area (Å²) in [5, 5.41) is 3.83. The van der Waals surface area contributed by atoms with Gasteiger partial charge in [-0.2, -0.15) is 0 Å². The number of benzene rings is 1. The number of rotatable bonds is 5. The maximum Gasteiger partial charge on any atom is 0.0792 e. The van der Waals surface area contributed by atoms with E-state index < -0.39 is 0 Å². The molecule has 0 aliphatic heterocycles. The van der Waals surface area contributed by atoms with Gasteiger partial charge in [0.2, 0.25) is 0 Å². The van der Waals surface area contributed by atoms with E-state index >= 15 is 0 Å². The Hall–Kier alpha value is -0.640. The largest absolute Gasteiger partial charge is 0.377 e. The highest BCUT2D eigenvalue weighted by Crippen LogP contribution is 2.67. The minimum atomic E-state index is 0.327. The van der Waals surface area contributed by atoms with Crippen molar-refractivity contribution < 1.29 is 0 Å². The maximum absolute atomic E-state index is 6.62. The van der Waals surface area contributed by atoms with Crippen molar-refractivity contribution in [3.05, 3.63) is 35.9 Å². The molecule has 158 valence electrons. The fourth-order valence-corrected chi connectivity index (χ4v) is 8.74. The second-order valence-electron chi connectivity index (χ2n) is 10.8. The van der Waals surface area contributed by atoms with E-state index in [1.54, 1.807) is 5.56 Å². The molecule has 5 aliphatic carbocycles. The quantitative estimate of drug-likeness (QED) is 0.483. The highest BCUT2D eigenvalue weighted by molar-refractivity contribution is 7.80. The average Bonchev–Trinajstić information content (AvgIpc) is 2.74. The molecule has 6 rings (SSSR count). The Labute approximate surface area is 186 Å². The summed E-state index contributed by atoms with van der Waals surface area (Å²) in [5.41, 5.74) is 8.07. The highest BCUT2D eigenvalue weighted by atomic mass is 35.5. The van der Waals surface area contributed by atoms with E-state index in [4.69, 9.17) is 29.6 Å². The second kappa shape index (κ2) is 7.80. The van der Waals surface area contributed by atoms with Crippen molar-refractivity contribution in [3.8, 4) is 0 Å². The number of nitrogens with one attached hydrogen (secondary N) is 1. The lowest BCUT2D eigenvalue weighted by atomic mass is 9.40. The molecule has 4 heteroatoms. The van der Waals surface area contributed by atoms with E-state index in [0.717, 1.165) is 18.3 Å². The highest BCUT2D eigenvalue weighted by Gasteiger charge is 2.61. The Bertz CT molecular complexity index is 726. The standard InChI is InChI=1S/C25H35ClN2S/c26-16-24-10-18-12-25(15-24,20-4-2-1-3-5-20)13-19(11-24)22(18)23(29)28-21-8-6-17(14-27)7-9-21/h1-5,17-19,21-22H,6-16,27H2,(H,28,29)/t17-,18?,19?,21-,22?,24?,25?. The second-order valence-corrected chi connectivity index (χ2v) is 11.5. The summed E-state index contributed by atoms with van der Waals surface area (Å²) in [6, 6.07) is 11.8. The number of hydrogen-bond acceptors (Lipinski definition) is 2. The summed E-state index contributed by atoms with van der Waals surface area (Å²) in [4.78, 5) is 1.17. The molecule has 1 aromatic rings. The summed E-state index contributed by atoms with van der Waals surface area (Å²) in [5.74, 6) is 3.47. The van der Waals surface area contributed by atoms with Crippen LogP contribution in [0.15, 0.2) is 30.3 Å². The topological polar surface area (TPSA) is 38.0 Å². The van der Waals surface area contributed by atoms with Crippen LogP contribution in [0.5, 0.6) is 0 Å². The molecule has 2 atom stereocenters. The van der Waals surface area contributed by atoms with Crippen molar-refractivity contribution in [2.75, 3.05) is 12.4 Å². The van der Waals surface area contributed by atoms with E-state index in [-0.39, 0.29) is 0 Å². The van der Waals surface area contributed by atoms with E-state index in [1.807, 2.05) is 0 Å². The molecule has 2 unspecified atom stereocenters. The molecule has 4 bridgehead atoms. The fourth-order valence-electron chi connectivity index (χ4n) is 7.88. The smallest absolute Gasteiger partial charge is 0.0792 e. The van der Waals surface area contributed by atoms with Gasteiger partial charge in [0, 0.05) is 17.8 Å². The molecule has 0 saturated heterocycles. The number of halogens is 1. The third-order valence-electron chi connectivity index (χ3n) is 8.92. The maximum atomic E-state index is 6.62. The Morgan fingerprint density at radius 3 is 2.28 bits per heavy atom. The molecule has 0 spiro atoms. The molecule has 5 fully saturated rings. The first kappa shape index (κ1) is 20.3. The summed E-state index contributed by atoms with van der Waals surface area (Å²) < 4.78 is 0. The van der Waals surface area contributed by atoms with E-state index in [9.17, 15) is 0 Å². The lowest BCUT2D eigenvalue weighted by Gasteiger charge is -2.65. The molecule has 3 N–H and O–H groups in total. The van der Waals surface area contributed by atoms with Gasteiger partial charge in [0.05, 0.1) is 4.99 Å². The van der Waals surface area contributed by atoms with Crippen LogP contribution in [0.2, 0.25) is 0 Å². The SMILES string of the molecule is NC[C@H]1CC[C@H](NC(=S)C2C3CC4(CCl)CC2CC(c2ccccc2)(C3)C4)CC1. The van der Waals surface area contributed by atoms with Crippen molar-refractivity contribution in [3.63, 3.8) is 0 Å². The Kier molecular flexibility index (Phi) is 5.45. The first-order chi connectivity index (χ1) is 14.1.